The first kappa shape index (κ1) is 18.6. The van der Waals surface area contributed by atoms with Crippen molar-refractivity contribution in [2.24, 2.45) is 0 Å². The first-order valence-corrected chi connectivity index (χ1v) is 8.58. The number of urea groups is 1. The Labute approximate surface area is 135 Å². The first-order valence-electron chi connectivity index (χ1n) is 7.26. The summed E-state index contributed by atoms with van der Waals surface area (Å²) in [6.07, 6.45) is 0. The fourth-order valence-electron chi connectivity index (χ4n) is 1.79. The van der Waals surface area contributed by atoms with Crippen LogP contribution in [-0.2, 0) is 21.3 Å². The lowest BCUT2D eigenvalue weighted by molar-refractivity contribution is 0.173. The Balaban J connectivity index is 2.64. The molecule has 6 heteroatoms. The van der Waals surface area contributed by atoms with Crippen molar-refractivity contribution in [2.75, 3.05) is 19.0 Å². The molecule has 1 aromatic carbocycles. The molecule has 0 fully saturated rings. The number of hydrogen-bond acceptors (Lipinski definition) is 3. The van der Waals surface area contributed by atoms with Crippen molar-refractivity contribution in [1.29, 1.82) is 0 Å². The molecule has 0 aliphatic carbocycles. The van der Waals surface area contributed by atoms with Gasteiger partial charge < -0.3 is 15.4 Å². The molecule has 5 nitrogen and oxygen atoms in total. The van der Waals surface area contributed by atoms with Crippen LogP contribution in [0.15, 0.2) is 24.3 Å². The smallest absolute Gasteiger partial charge is 0.319 e. The fraction of sp³-hybridized carbons (Fsp3) is 0.562. The number of anilines is 1. The standard InChI is InChI=1S/C16H26N2O3S/c1-12(10-21-5)17-15(19)18-14-8-6-7-13(9-14)11-22(20)16(2,3)4/h6-9,12H,10-11H2,1-5H3,(H2,17,18,19)/t12-,22-/m0/s1. The van der Waals surface area contributed by atoms with Gasteiger partial charge in [-0.05, 0) is 45.4 Å². The van der Waals surface area contributed by atoms with Gasteiger partial charge in [-0.1, -0.05) is 12.1 Å². The lowest BCUT2D eigenvalue weighted by Crippen LogP contribution is -2.38. The molecular weight excluding hydrogens is 300 g/mol. The molecule has 0 saturated carbocycles. The molecule has 0 aliphatic rings. The Kier molecular flexibility index (Phi) is 7.03. The van der Waals surface area contributed by atoms with E-state index in [9.17, 15) is 9.00 Å². The van der Waals surface area contributed by atoms with E-state index in [0.717, 1.165) is 5.56 Å². The van der Waals surface area contributed by atoms with Gasteiger partial charge in [0.25, 0.3) is 0 Å². The van der Waals surface area contributed by atoms with Gasteiger partial charge in [0.2, 0.25) is 0 Å². The van der Waals surface area contributed by atoms with Crippen LogP contribution < -0.4 is 10.6 Å². The second kappa shape index (κ2) is 8.29. The molecule has 0 aliphatic heterocycles. The van der Waals surface area contributed by atoms with E-state index in [4.69, 9.17) is 4.74 Å². The summed E-state index contributed by atoms with van der Waals surface area (Å²) in [5, 5.41) is 5.56. The van der Waals surface area contributed by atoms with E-state index < -0.39 is 10.8 Å². The topological polar surface area (TPSA) is 67.4 Å². The minimum absolute atomic E-state index is 0.0680. The van der Waals surface area contributed by atoms with E-state index in [2.05, 4.69) is 10.6 Å². The Hall–Kier alpha value is -1.40. The average molecular weight is 326 g/mol. The molecule has 0 saturated heterocycles. The number of benzene rings is 1. The molecule has 2 N–H and O–H groups in total. The fourth-order valence-corrected chi connectivity index (χ4v) is 2.70. The van der Waals surface area contributed by atoms with Crippen molar-refractivity contribution in [3.8, 4) is 0 Å². The second-order valence-corrected chi connectivity index (χ2v) is 8.46. The molecule has 0 spiro atoms. The average Bonchev–Trinajstić information content (AvgIpc) is 2.37. The van der Waals surface area contributed by atoms with Gasteiger partial charge in [-0.3, -0.25) is 4.21 Å². The molecule has 1 rings (SSSR count). The summed E-state index contributed by atoms with van der Waals surface area (Å²) in [4.78, 5) is 11.9. The number of nitrogens with one attached hydrogen (secondary N) is 2. The van der Waals surface area contributed by atoms with Crippen LogP contribution in [0.4, 0.5) is 10.5 Å². The number of hydrogen-bond donors (Lipinski definition) is 2. The van der Waals surface area contributed by atoms with Crippen LogP contribution in [0.2, 0.25) is 0 Å². The van der Waals surface area contributed by atoms with Crippen LogP contribution in [0.1, 0.15) is 33.3 Å². The summed E-state index contributed by atoms with van der Waals surface area (Å²) in [5.74, 6) is 0.473. The third-order valence-corrected chi connectivity index (χ3v) is 4.92. The quantitative estimate of drug-likeness (QED) is 0.844. The van der Waals surface area contributed by atoms with Gasteiger partial charge in [-0.2, -0.15) is 0 Å². The normalized spacial score (nSPS) is 14.2. The number of amides is 2. The summed E-state index contributed by atoms with van der Waals surface area (Å²) in [5.41, 5.74) is 1.63. The minimum atomic E-state index is -0.966. The van der Waals surface area contributed by atoms with Gasteiger partial charge in [0, 0.05) is 34.1 Å². The Morgan fingerprint density at radius 2 is 2.05 bits per heavy atom. The zero-order valence-electron chi connectivity index (χ0n) is 13.9. The predicted molar refractivity (Wildman–Crippen MR) is 91.5 cm³/mol. The summed E-state index contributed by atoms with van der Waals surface area (Å²) < 4.78 is 16.9. The second-order valence-electron chi connectivity index (χ2n) is 6.26. The third kappa shape index (κ3) is 6.58. The zero-order valence-corrected chi connectivity index (χ0v) is 14.8. The van der Waals surface area contributed by atoms with Gasteiger partial charge in [-0.15, -0.1) is 0 Å². The molecule has 0 heterocycles. The zero-order chi connectivity index (χ0) is 16.8. The minimum Gasteiger partial charge on any atom is -0.383 e. The van der Waals surface area contributed by atoms with Crippen molar-refractivity contribution in [2.45, 2.75) is 44.2 Å². The first-order chi connectivity index (χ1) is 10.2. The predicted octanol–water partition coefficient (Wildman–Crippen LogP) is 2.89. The van der Waals surface area contributed by atoms with Crippen LogP contribution in [0.3, 0.4) is 0 Å². The van der Waals surface area contributed by atoms with Crippen molar-refractivity contribution < 1.29 is 13.7 Å². The van der Waals surface area contributed by atoms with Crippen molar-refractivity contribution >= 4 is 22.5 Å². The summed E-state index contributed by atoms with van der Waals surface area (Å²) in [7, 11) is 0.626. The molecule has 0 unspecified atom stereocenters. The SMILES string of the molecule is COC[C@H](C)NC(=O)Nc1cccc(C[S@](=O)C(C)(C)C)c1. The monoisotopic (exact) mass is 326 g/mol. The van der Waals surface area contributed by atoms with Gasteiger partial charge >= 0.3 is 6.03 Å². The van der Waals surface area contributed by atoms with Crippen LogP contribution >= 0.6 is 0 Å². The molecule has 2 amide bonds. The maximum atomic E-state index is 12.2. The summed E-state index contributed by atoms with van der Waals surface area (Å²) in [6, 6.07) is 7.08. The highest BCUT2D eigenvalue weighted by molar-refractivity contribution is 7.85. The molecule has 22 heavy (non-hydrogen) atoms. The van der Waals surface area contributed by atoms with E-state index in [-0.39, 0.29) is 16.8 Å². The van der Waals surface area contributed by atoms with E-state index in [1.807, 2.05) is 52.0 Å². The number of ether oxygens (including phenoxy) is 1. The molecule has 1 aromatic rings. The summed E-state index contributed by atoms with van der Waals surface area (Å²) in [6.45, 7) is 8.19. The number of rotatable bonds is 6. The Morgan fingerprint density at radius 3 is 2.64 bits per heavy atom. The van der Waals surface area contributed by atoms with E-state index in [1.54, 1.807) is 7.11 Å². The van der Waals surface area contributed by atoms with Gasteiger partial charge in [0.1, 0.15) is 0 Å². The Morgan fingerprint density at radius 1 is 1.36 bits per heavy atom. The van der Waals surface area contributed by atoms with Crippen LogP contribution in [-0.4, -0.2) is 34.7 Å². The van der Waals surface area contributed by atoms with E-state index >= 15 is 0 Å². The molecule has 2 atom stereocenters. The van der Waals surface area contributed by atoms with E-state index in [1.165, 1.54) is 0 Å². The van der Waals surface area contributed by atoms with Gasteiger partial charge in [0.15, 0.2) is 0 Å². The lowest BCUT2D eigenvalue weighted by atomic mass is 10.2. The molecular formula is C16H26N2O3S. The highest BCUT2D eigenvalue weighted by atomic mass is 32.2. The maximum absolute atomic E-state index is 12.2. The van der Waals surface area contributed by atoms with E-state index in [0.29, 0.717) is 18.0 Å². The molecule has 0 radical (unpaired) electrons. The van der Waals surface area contributed by atoms with Crippen molar-refractivity contribution in [3.63, 3.8) is 0 Å². The molecule has 124 valence electrons. The van der Waals surface area contributed by atoms with Gasteiger partial charge in [-0.25, -0.2) is 4.79 Å². The summed E-state index contributed by atoms with van der Waals surface area (Å²) >= 11 is 0. The van der Waals surface area contributed by atoms with Crippen molar-refractivity contribution in [1.82, 2.24) is 5.32 Å². The number of carbonyl (C=O) groups is 1. The van der Waals surface area contributed by atoms with Crippen LogP contribution in [0.5, 0.6) is 0 Å². The Bertz CT molecular complexity index is 526. The maximum Gasteiger partial charge on any atom is 0.319 e. The number of methoxy groups -OCH3 is 1. The van der Waals surface area contributed by atoms with Gasteiger partial charge in [0.05, 0.1) is 12.6 Å². The lowest BCUT2D eigenvalue weighted by Gasteiger charge is -2.18. The molecule has 0 aromatic heterocycles. The third-order valence-electron chi connectivity index (χ3n) is 2.96. The highest BCUT2D eigenvalue weighted by Crippen LogP contribution is 2.18. The van der Waals surface area contributed by atoms with Crippen LogP contribution in [0.25, 0.3) is 0 Å². The molecule has 0 bridgehead atoms. The largest absolute Gasteiger partial charge is 0.383 e. The highest BCUT2D eigenvalue weighted by Gasteiger charge is 2.19. The van der Waals surface area contributed by atoms with Crippen LogP contribution in [0, 0.1) is 0 Å². The van der Waals surface area contributed by atoms with Crippen molar-refractivity contribution in [3.05, 3.63) is 29.8 Å². The number of carbonyl (C=O) groups excluding carboxylic acids is 1.